The van der Waals surface area contributed by atoms with Crippen LogP contribution in [0.5, 0.6) is 5.75 Å². The van der Waals surface area contributed by atoms with Crippen LogP contribution >= 0.6 is 0 Å². The van der Waals surface area contributed by atoms with Crippen LogP contribution in [0.2, 0.25) is 0 Å². The predicted molar refractivity (Wildman–Crippen MR) is 127 cm³/mol. The van der Waals surface area contributed by atoms with Crippen molar-refractivity contribution < 1.29 is 23.1 Å². The van der Waals surface area contributed by atoms with Gasteiger partial charge in [0.15, 0.2) is 0 Å². The summed E-state index contributed by atoms with van der Waals surface area (Å²) in [4.78, 5) is 27.9. The summed E-state index contributed by atoms with van der Waals surface area (Å²) >= 11 is 0. The molecule has 0 spiro atoms. The Bertz CT molecular complexity index is 1180. The van der Waals surface area contributed by atoms with Gasteiger partial charge in [0.25, 0.3) is 0 Å². The van der Waals surface area contributed by atoms with Gasteiger partial charge in [-0.2, -0.15) is 5.10 Å². The van der Waals surface area contributed by atoms with Crippen LogP contribution in [-0.4, -0.2) is 42.2 Å². The third kappa shape index (κ3) is 5.85. The molecule has 0 saturated carbocycles. The molecule has 1 unspecified atom stereocenters. The van der Waals surface area contributed by atoms with Crippen molar-refractivity contribution in [1.29, 1.82) is 0 Å². The zero-order valence-corrected chi connectivity index (χ0v) is 19.7. The van der Waals surface area contributed by atoms with Gasteiger partial charge < -0.3 is 15.0 Å². The molecule has 3 aromatic rings. The zero-order chi connectivity index (χ0) is 24.9. The molecule has 2 N–H and O–H groups in total. The first-order valence-electron chi connectivity index (χ1n) is 11.5. The third-order valence-electron chi connectivity index (χ3n) is 6.39. The summed E-state index contributed by atoms with van der Waals surface area (Å²) < 4.78 is 32.8. The molecule has 0 fully saturated rings. The number of anilines is 1. The highest BCUT2D eigenvalue weighted by molar-refractivity contribution is 5.99. The van der Waals surface area contributed by atoms with E-state index in [4.69, 9.17) is 4.74 Å². The van der Waals surface area contributed by atoms with Crippen LogP contribution in [0.25, 0.3) is 0 Å². The molecule has 184 valence electrons. The number of hydrogen-bond acceptors (Lipinski definition) is 4. The molecule has 7 nitrogen and oxygen atoms in total. The van der Waals surface area contributed by atoms with E-state index in [1.54, 1.807) is 44.6 Å². The molecular formula is C26H28F2N4O3. The number of nitrogens with zero attached hydrogens (tertiary/aromatic N) is 2. The van der Waals surface area contributed by atoms with E-state index >= 15 is 0 Å². The molecule has 1 aliphatic rings. The van der Waals surface area contributed by atoms with Crippen molar-refractivity contribution in [3.8, 4) is 5.75 Å². The summed E-state index contributed by atoms with van der Waals surface area (Å²) in [6.07, 6.45) is 4.58. The molecule has 1 aliphatic carbocycles. The van der Waals surface area contributed by atoms with Gasteiger partial charge in [0.2, 0.25) is 11.8 Å². The highest BCUT2D eigenvalue weighted by Crippen LogP contribution is 2.32. The Balaban J connectivity index is 1.53. The second-order valence-electron chi connectivity index (χ2n) is 8.79. The predicted octanol–water partition coefficient (Wildman–Crippen LogP) is 3.90. The summed E-state index contributed by atoms with van der Waals surface area (Å²) in [7, 11) is 3.14. The number of amides is 2. The van der Waals surface area contributed by atoms with Crippen molar-refractivity contribution in [3.05, 3.63) is 77.1 Å². The molecule has 35 heavy (non-hydrogen) atoms. The lowest BCUT2D eigenvalue weighted by Gasteiger charge is -2.26. The van der Waals surface area contributed by atoms with Gasteiger partial charge in [-0.15, -0.1) is 0 Å². The van der Waals surface area contributed by atoms with E-state index in [-0.39, 0.29) is 30.2 Å². The molecule has 4 rings (SSSR count). The number of hydrogen-bond donors (Lipinski definition) is 2. The first kappa shape index (κ1) is 24.4. The number of methoxy groups -OCH3 is 1. The maximum atomic E-state index is 13.8. The van der Waals surface area contributed by atoms with Crippen LogP contribution in [0.1, 0.15) is 42.0 Å². The summed E-state index contributed by atoms with van der Waals surface area (Å²) in [5.74, 6) is -1.55. The van der Waals surface area contributed by atoms with Crippen LogP contribution < -0.4 is 15.0 Å². The Labute approximate surface area is 202 Å². The highest BCUT2D eigenvalue weighted by Gasteiger charge is 2.29. The molecule has 0 saturated heterocycles. The van der Waals surface area contributed by atoms with Crippen LogP contribution in [0.4, 0.5) is 14.5 Å². The Hall–Kier alpha value is -3.75. The Morgan fingerprint density at radius 3 is 2.60 bits per heavy atom. The number of H-pyrrole nitrogens is 1. The van der Waals surface area contributed by atoms with Crippen LogP contribution in [-0.2, 0) is 22.4 Å². The molecule has 2 atom stereocenters. The second kappa shape index (κ2) is 10.7. The topological polar surface area (TPSA) is 87.3 Å². The largest absolute Gasteiger partial charge is 0.497 e. The first-order valence-corrected chi connectivity index (χ1v) is 11.5. The lowest BCUT2D eigenvalue weighted by atomic mass is 9.84. The van der Waals surface area contributed by atoms with E-state index < -0.39 is 23.6 Å². The molecule has 1 heterocycles. The van der Waals surface area contributed by atoms with Gasteiger partial charge in [-0.1, -0.05) is 0 Å². The minimum atomic E-state index is -1.01. The molecule has 0 radical (unpaired) electrons. The Morgan fingerprint density at radius 2 is 1.91 bits per heavy atom. The average Bonchev–Trinajstić information content (AvgIpc) is 3.32. The van der Waals surface area contributed by atoms with E-state index in [0.29, 0.717) is 11.4 Å². The molecular weight excluding hydrogens is 454 g/mol. The summed E-state index contributed by atoms with van der Waals surface area (Å²) in [6.45, 7) is 0. The first-order chi connectivity index (χ1) is 16.8. The van der Waals surface area contributed by atoms with Crippen molar-refractivity contribution in [2.24, 2.45) is 0 Å². The fraction of sp³-hybridized carbons (Fsp3) is 0.346. The molecule has 2 amide bonds. The van der Waals surface area contributed by atoms with Gasteiger partial charge in [0.05, 0.1) is 13.3 Å². The monoisotopic (exact) mass is 482 g/mol. The number of carbonyl (C=O) groups is 2. The minimum absolute atomic E-state index is 0.000756. The van der Waals surface area contributed by atoms with E-state index in [9.17, 15) is 18.4 Å². The van der Waals surface area contributed by atoms with Gasteiger partial charge in [-0.25, -0.2) is 8.78 Å². The van der Waals surface area contributed by atoms with E-state index in [2.05, 4.69) is 15.5 Å². The van der Waals surface area contributed by atoms with E-state index in [1.807, 2.05) is 0 Å². The van der Waals surface area contributed by atoms with Gasteiger partial charge in [0.1, 0.15) is 23.4 Å². The quantitative estimate of drug-likeness (QED) is 0.510. The molecule has 9 heteroatoms. The number of halogens is 2. The number of aromatic amines is 1. The smallest absolute Gasteiger partial charge is 0.249 e. The van der Waals surface area contributed by atoms with Crippen molar-refractivity contribution in [2.45, 2.75) is 44.1 Å². The van der Waals surface area contributed by atoms with Crippen molar-refractivity contribution >= 4 is 17.5 Å². The number of aryl methyl sites for hydroxylation is 1. The Morgan fingerprint density at radius 1 is 1.20 bits per heavy atom. The van der Waals surface area contributed by atoms with Gasteiger partial charge in [-0.3, -0.25) is 14.7 Å². The fourth-order valence-electron chi connectivity index (χ4n) is 4.58. The number of carbonyl (C=O) groups excluding carboxylic acids is 2. The number of fused-ring (bicyclic) bond motifs is 1. The summed E-state index contributed by atoms with van der Waals surface area (Å²) in [5.41, 5.74) is 2.93. The van der Waals surface area contributed by atoms with Gasteiger partial charge in [0, 0.05) is 37.3 Å². The number of likely N-dealkylation sites (N-methyl/N-ethyl adjacent to an activating group) is 1. The van der Waals surface area contributed by atoms with Crippen LogP contribution in [0.15, 0.2) is 48.7 Å². The number of nitrogens with one attached hydrogen (secondary N) is 2. The van der Waals surface area contributed by atoms with Gasteiger partial charge >= 0.3 is 0 Å². The standard InChI is InChI=1S/C26H28F2N4O3/c1-32(20-6-8-21(35-2)9-7-20)26(34)24(12-16-10-18(27)14-19(28)11-16)30-25(33)13-17-4-3-5-23-22(17)15-29-31-23/h6-11,14-15,17,24H,3-5,12-13H2,1-2H3,(H,29,31)(H,30,33)/t17?,24-/m0/s1. The lowest BCUT2D eigenvalue weighted by molar-refractivity contribution is -0.127. The molecule has 1 aromatic heterocycles. The number of rotatable bonds is 8. The van der Waals surface area contributed by atoms with Gasteiger partial charge in [-0.05, 0) is 72.7 Å². The average molecular weight is 483 g/mol. The molecule has 2 aromatic carbocycles. The SMILES string of the molecule is COc1ccc(N(C)C(=O)[C@H](Cc2cc(F)cc(F)c2)NC(=O)CC2CCCc3[nH]ncc32)cc1. The maximum Gasteiger partial charge on any atom is 0.249 e. The molecule has 0 bridgehead atoms. The minimum Gasteiger partial charge on any atom is -0.497 e. The van der Waals surface area contributed by atoms with E-state index in [1.165, 1.54) is 17.0 Å². The summed E-state index contributed by atoms with van der Waals surface area (Å²) in [6, 6.07) is 8.99. The van der Waals surface area contributed by atoms with E-state index in [0.717, 1.165) is 36.6 Å². The van der Waals surface area contributed by atoms with Crippen molar-refractivity contribution in [2.75, 3.05) is 19.1 Å². The van der Waals surface area contributed by atoms with Crippen molar-refractivity contribution in [1.82, 2.24) is 15.5 Å². The zero-order valence-electron chi connectivity index (χ0n) is 19.7. The fourth-order valence-corrected chi connectivity index (χ4v) is 4.58. The normalized spacial score (nSPS) is 15.7. The van der Waals surface area contributed by atoms with Crippen LogP contribution in [0.3, 0.4) is 0 Å². The lowest BCUT2D eigenvalue weighted by Crippen LogP contribution is -2.49. The highest BCUT2D eigenvalue weighted by atomic mass is 19.1. The number of ether oxygens (including phenoxy) is 1. The number of benzene rings is 2. The third-order valence-corrected chi connectivity index (χ3v) is 6.39. The molecule has 0 aliphatic heterocycles. The summed E-state index contributed by atoms with van der Waals surface area (Å²) in [5, 5.41) is 9.89. The number of aromatic nitrogens is 2. The second-order valence-corrected chi connectivity index (χ2v) is 8.79. The Kier molecular flexibility index (Phi) is 7.43. The maximum absolute atomic E-state index is 13.8. The van der Waals surface area contributed by atoms with Crippen molar-refractivity contribution in [3.63, 3.8) is 0 Å². The van der Waals surface area contributed by atoms with Crippen LogP contribution in [0, 0.1) is 11.6 Å².